The van der Waals surface area contributed by atoms with Crippen LogP contribution in [0.25, 0.3) is 5.69 Å². The Morgan fingerprint density at radius 3 is 2.78 bits per heavy atom. The van der Waals surface area contributed by atoms with Crippen LogP contribution in [0.4, 0.5) is 0 Å². The van der Waals surface area contributed by atoms with Crippen molar-refractivity contribution < 1.29 is 14.3 Å². The van der Waals surface area contributed by atoms with Crippen LogP contribution in [0.3, 0.4) is 0 Å². The molecule has 3 aromatic rings. The molecular formula is C15H13N5O3. The number of ketones is 1. The Morgan fingerprint density at radius 1 is 1.22 bits per heavy atom. The third-order valence-corrected chi connectivity index (χ3v) is 3.26. The second-order valence-corrected chi connectivity index (χ2v) is 4.81. The fourth-order valence-electron chi connectivity index (χ4n) is 2.09. The first-order valence-corrected chi connectivity index (χ1v) is 6.80. The van der Waals surface area contributed by atoms with Crippen LogP contribution in [0.5, 0.6) is 0 Å². The molecule has 1 aromatic carbocycles. The van der Waals surface area contributed by atoms with Crippen LogP contribution < -0.4 is 0 Å². The highest BCUT2D eigenvalue weighted by Gasteiger charge is 2.14. The van der Waals surface area contributed by atoms with Crippen LogP contribution in [0.1, 0.15) is 20.8 Å². The zero-order chi connectivity index (χ0) is 16.2. The van der Waals surface area contributed by atoms with Gasteiger partial charge in [-0.3, -0.25) is 4.79 Å². The molecule has 0 fully saturated rings. The van der Waals surface area contributed by atoms with Crippen LogP contribution in [0.15, 0.2) is 48.9 Å². The van der Waals surface area contributed by atoms with E-state index in [-0.39, 0.29) is 12.4 Å². The Hall–Kier alpha value is -3.29. The summed E-state index contributed by atoms with van der Waals surface area (Å²) in [7, 11) is 1.75. The average molecular weight is 311 g/mol. The molecule has 0 unspecified atom stereocenters. The number of aromatic nitrogens is 5. The van der Waals surface area contributed by atoms with Crippen molar-refractivity contribution in [2.24, 2.45) is 7.05 Å². The number of Topliss-reactive ketones (excluding diaryl/α,β-unsaturated/α-hetero) is 1. The van der Waals surface area contributed by atoms with Gasteiger partial charge in [0.1, 0.15) is 6.33 Å². The fourth-order valence-corrected chi connectivity index (χ4v) is 2.09. The van der Waals surface area contributed by atoms with Crippen molar-refractivity contribution in [3.05, 3.63) is 60.2 Å². The molecule has 23 heavy (non-hydrogen) atoms. The maximum absolute atomic E-state index is 12.1. The molecule has 0 amide bonds. The summed E-state index contributed by atoms with van der Waals surface area (Å²) in [6.07, 6.45) is 3.17. The van der Waals surface area contributed by atoms with Gasteiger partial charge in [-0.15, -0.1) is 5.10 Å². The van der Waals surface area contributed by atoms with Gasteiger partial charge >= 0.3 is 5.97 Å². The lowest BCUT2D eigenvalue weighted by Gasteiger charge is -2.06. The summed E-state index contributed by atoms with van der Waals surface area (Å²) in [5.41, 5.74) is 1.43. The van der Waals surface area contributed by atoms with Crippen molar-refractivity contribution in [2.45, 2.75) is 0 Å². The molecule has 3 rings (SSSR count). The molecule has 8 nitrogen and oxygen atoms in total. The number of ether oxygens (including phenoxy) is 1. The summed E-state index contributed by atoms with van der Waals surface area (Å²) in [6, 6.07) is 10.1. The van der Waals surface area contributed by atoms with Gasteiger partial charge in [-0.25, -0.2) is 9.48 Å². The highest BCUT2D eigenvalue weighted by molar-refractivity contribution is 5.98. The lowest BCUT2D eigenvalue weighted by Crippen LogP contribution is -2.16. The molecule has 0 aliphatic heterocycles. The lowest BCUT2D eigenvalue weighted by atomic mass is 10.2. The van der Waals surface area contributed by atoms with Crippen LogP contribution in [-0.4, -0.2) is 43.1 Å². The third kappa shape index (κ3) is 3.15. The highest BCUT2D eigenvalue weighted by atomic mass is 16.5. The van der Waals surface area contributed by atoms with E-state index in [1.807, 2.05) is 0 Å². The van der Waals surface area contributed by atoms with E-state index in [0.29, 0.717) is 16.9 Å². The van der Waals surface area contributed by atoms with Crippen molar-refractivity contribution in [2.75, 3.05) is 6.61 Å². The SMILES string of the molecule is Cn1cccc1C(=O)COC(=O)c1cccc(-n2cnnn2)c1. The number of carbonyl (C=O) groups is 2. The van der Waals surface area contributed by atoms with Crippen LogP contribution in [0, 0.1) is 0 Å². The second kappa shape index (κ2) is 6.22. The van der Waals surface area contributed by atoms with E-state index in [2.05, 4.69) is 15.5 Å². The smallest absolute Gasteiger partial charge is 0.338 e. The number of tetrazole rings is 1. The Bertz CT molecular complexity index is 838. The Kier molecular flexibility index (Phi) is 3.96. The summed E-state index contributed by atoms with van der Waals surface area (Å²) in [5, 5.41) is 10.8. The second-order valence-electron chi connectivity index (χ2n) is 4.81. The zero-order valence-electron chi connectivity index (χ0n) is 12.3. The molecule has 0 spiro atoms. The van der Waals surface area contributed by atoms with Gasteiger partial charge in [-0.2, -0.15) is 0 Å². The first-order chi connectivity index (χ1) is 11.1. The predicted molar refractivity (Wildman–Crippen MR) is 79.2 cm³/mol. The molecule has 2 heterocycles. The van der Waals surface area contributed by atoms with Gasteiger partial charge in [-0.05, 0) is 40.8 Å². The summed E-state index contributed by atoms with van der Waals surface area (Å²) in [4.78, 5) is 24.1. The minimum Gasteiger partial charge on any atom is -0.454 e. The molecule has 0 aliphatic carbocycles. The van der Waals surface area contributed by atoms with Crippen LogP contribution in [-0.2, 0) is 11.8 Å². The van der Waals surface area contributed by atoms with Gasteiger partial charge in [0.05, 0.1) is 16.9 Å². The van der Waals surface area contributed by atoms with Crippen molar-refractivity contribution in [1.82, 2.24) is 24.8 Å². The van der Waals surface area contributed by atoms with Gasteiger partial charge < -0.3 is 9.30 Å². The van der Waals surface area contributed by atoms with Crippen molar-refractivity contribution >= 4 is 11.8 Å². The summed E-state index contributed by atoms with van der Waals surface area (Å²) in [5.74, 6) is -0.843. The topological polar surface area (TPSA) is 91.9 Å². The molecule has 116 valence electrons. The standard InChI is InChI=1S/C15H13N5O3/c1-19-7-3-6-13(19)14(21)9-23-15(22)11-4-2-5-12(8-11)20-10-16-17-18-20/h2-8,10H,9H2,1H3. The minimum atomic E-state index is -0.581. The van der Waals surface area contributed by atoms with E-state index in [9.17, 15) is 9.59 Å². The van der Waals surface area contributed by atoms with Gasteiger partial charge in [0.15, 0.2) is 6.61 Å². The maximum Gasteiger partial charge on any atom is 0.338 e. The van der Waals surface area contributed by atoms with Gasteiger partial charge in [0.2, 0.25) is 5.78 Å². The Labute approximate surface area is 131 Å². The zero-order valence-corrected chi connectivity index (χ0v) is 12.3. The molecule has 0 bridgehead atoms. The molecule has 0 saturated heterocycles. The number of nitrogens with zero attached hydrogens (tertiary/aromatic N) is 5. The average Bonchev–Trinajstić information content (AvgIpc) is 3.24. The van der Waals surface area contributed by atoms with E-state index >= 15 is 0 Å². The summed E-state index contributed by atoms with van der Waals surface area (Å²) in [6.45, 7) is -0.314. The summed E-state index contributed by atoms with van der Waals surface area (Å²) >= 11 is 0. The highest BCUT2D eigenvalue weighted by Crippen LogP contribution is 2.10. The molecule has 2 aromatic heterocycles. The molecule has 0 radical (unpaired) electrons. The van der Waals surface area contributed by atoms with E-state index in [1.165, 1.54) is 11.0 Å². The largest absolute Gasteiger partial charge is 0.454 e. The monoisotopic (exact) mass is 311 g/mol. The van der Waals surface area contributed by atoms with E-state index in [1.54, 1.807) is 54.2 Å². The quantitative estimate of drug-likeness (QED) is 0.516. The van der Waals surface area contributed by atoms with Gasteiger partial charge in [-0.1, -0.05) is 6.07 Å². The third-order valence-electron chi connectivity index (χ3n) is 3.26. The number of hydrogen-bond donors (Lipinski definition) is 0. The predicted octanol–water partition coefficient (Wildman–Crippen LogP) is 1.04. The minimum absolute atomic E-state index is 0.262. The Morgan fingerprint density at radius 2 is 2.09 bits per heavy atom. The normalized spacial score (nSPS) is 10.5. The molecule has 0 saturated carbocycles. The number of hydrogen-bond acceptors (Lipinski definition) is 6. The molecular weight excluding hydrogens is 298 g/mol. The van der Waals surface area contributed by atoms with E-state index < -0.39 is 5.97 Å². The fraction of sp³-hybridized carbons (Fsp3) is 0.133. The van der Waals surface area contributed by atoms with Crippen LogP contribution >= 0.6 is 0 Å². The number of benzene rings is 1. The summed E-state index contributed by atoms with van der Waals surface area (Å²) < 4.78 is 8.18. The van der Waals surface area contributed by atoms with E-state index in [0.717, 1.165) is 0 Å². The molecule has 0 aliphatic rings. The lowest BCUT2D eigenvalue weighted by molar-refractivity contribution is 0.0472. The first kappa shape index (κ1) is 14.6. The van der Waals surface area contributed by atoms with Gasteiger partial charge in [0.25, 0.3) is 0 Å². The van der Waals surface area contributed by atoms with Gasteiger partial charge in [0, 0.05) is 13.2 Å². The van der Waals surface area contributed by atoms with Crippen molar-refractivity contribution in [1.29, 1.82) is 0 Å². The molecule has 8 heteroatoms. The Balaban J connectivity index is 1.68. The van der Waals surface area contributed by atoms with Crippen molar-refractivity contribution in [3.8, 4) is 5.69 Å². The number of esters is 1. The number of aryl methyl sites for hydroxylation is 1. The van der Waals surface area contributed by atoms with Crippen LogP contribution in [0.2, 0.25) is 0 Å². The molecule has 0 N–H and O–H groups in total. The maximum atomic E-state index is 12.1. The molecule has 0 atom stereocenters. The number of rotatable bonds is 5. The number of carbonyl (C=O) groups excluding carboxylic acids is 2. The first-order valence-electron chi connectivity index (χ1n) is 6.80. The van der Waals surface area contributed by atoms with Crippen molar-refractivity contribution in [3.63, 3.8) is 0 Å². The van der Waals surface area contributed by atoms with E-state index in [4.69, 9.17) is 4.74 Å².